The van der Waals surface area contributed by atoms with Crippen LogP contribution < -0.4 is 15.0 Å². The van der Waals surface area contributed by atoms with Crippen LogP contribution in [0.15, 0.2) is 78.6 Å². The number of carbonyl (C=O) groups is 3. The Labute approximate surface area is 520 Å². The molecular formula is C66H78F2N12O8S. The van der Waals surface area contributed by atoms with Crippen molar-refractivity contribution in [2.75, 3.05) is 57.4 Å². The molecule has 5 saturated heterocycles. The fourth-order valence-corrected chi connectivity index (χ4v) is 15.2. The summed E-state index contributed by atoms with van der Waals surface area (Å²) in [4.78, 5) is 69.1. The highest BCUT2D eigenvalue weighted by Gasteiger charge is 2.52. The number of amides is 3. The summed E-state index contributed by atoms with van der Waals surface area (Å²) in [5.74, 6) is -1.66. The van der Waals surface area contributed by atoms with Gasteiger partial charge in [-0.2, -0.15) is 9.97 Å². The predicted molar refractivity (Wildman–Crippen MR) is 333 cm³/mol. The van der Waals surface area contributed by atoms with Crippen molar-refractivity contribution in [3.63, 3.8) is 0 Å². The Kier molecular flexibility index (Phi) is 17.2. The van der Waals surface area contributed by atoms with E-state index in [1.807, 2.05) is 69.3 Å². The number of thiazole rings is 1. The monoisotopic (exact) mass is 1240 g/mol. The van der Waals surface area contributed by atoms with E-state index in [1.165, 1.54) is 29.3 Å². The number of aliphatic hydroxyl groups is 2. The maximum atomic E-state index is 17.4. The number of aliphatic hydroxyl groups excluding tert-OH is 1. The van der Waals surface area contributed by atoms with Crippen molar-refractivity contribution in [1.29, 1.82) is 0 Å². The van der Waals surface area contributed by atoms with Crippen LogP contribution >= 0.6 is 11.3 Å². The standard InChI is InChI=1S/C66H78F2N12O8S/c1-8-49-52(67)15-14-44-25-47(81)26-50(54(44)49)56-55(68)57-51(29-69-56)60(77-21-9-19-65(7,86)34-77)73-63(72-57)88-35-66-20-16-46(79(66)30-38(4)28-66)33-87-64(85)76-22-17-41(18-23-76)24-45-31-80(75-74-45)58(37(2)3)62(84)78-32-48(82)27-53(78)61(83)71-39(5)42-10-12-43(13-11-42)59-40(6)70-36-89-59/h10-15,25-26,29,31,36-37,39,41,46,48,53,58,81-82,86H,4,8-9,16-24,27-28,30,32-35H2,1-3,5-7H3,(H,71,83)/t39-,46-,48+,53-,58-,65+,66-/m0/s1. The van der Waals surface area contributed by atoms with Gasteiger partial charge in [0.05, 0.1) is 50.4 Å². The smallest absolute Gasteiger partial charge is 0.409 e. The van der Waals surface area contributed by atoms with E-state index in [-0.39, 0.29) is 103 Å². The Morgan fingerprint density at radius 2 is 1.79 bits per heavy atom. The van der Waals surface area contributed by atoms with Crippen LogP contribution in [0.25, 0.3) is 43.4 Å². The second-order valence-electron chi connectivity index (χ2n) is 25.9. The van der Waals surface area contributed by atoms with Crippen LogP contribution in [0.1, 0.15) is 121 Å². The van der Waals surface area contributed by atoms with E-state index in [4.69, 9.17) is 19.4 Å². The average molecular weight is 1240 g/mol. The van der Waals surface area contributed by atoms with Crippen molar-refractivity contribution in [1.82, 2.24) is 54.9 Å². The molecule has 0 spiro atoms. The van der Waals surface area contributed by atoms with E-state index in [0.29, 0.717) is 105 Å². The number of hydrogen-bond donors (Lipinski definition) is 4. The number of likely N-dealkylation sites (tertiary alicyclic amines) is 2. The molecule has 0 bridgehead atoms. The van der Waals surface area contributed by atoms with Crippen LogP contribution in [0.5, 0.6) is 11.8 Å². The van der Waals surface area contributed by atoms with Crippen molar-refractivity contribution in [2.45, 2.75) is 147 Å². The summed E-state index contributed by atoms with van der Waals surface area (Å²) in [6.45, 7) is 18.3. The number of anilines is 1. The molecular weight excluding hydrogens is 1160 g/mol. The lowest BCUT2D eigenvalue weighted by molar-refractivity contribution is -0.142. The number of β-amino-alcohol motifs (C(OH)–C–C–N with tert-alkyl or cyclic N) is 2. The number of ether oxygens (including phenoxy) is 2. The minimum atomic E-state index is -1.03. The molecule has 0 unspecified atom stereocenters. The van der Waals surface area contributed by atoms with Gasteiger partial charge in [-0.3, -0.25) is 19.5 Å². The molecule has 20 nitrogen and oxygen atoms in total. The van der Waals surface area contributed by atoms with E-state index in [2.05, 4.69) is 37.1 Å². The molecule has 7 aromatic rings. The molecule has 3 amide bonds. The lowest BCUT2D eigenvalue weighted by Gasteiger charge is -2.38. The van der Waals surface area contributed by atoms with Crippen molar-refractivity contribution >= 4 is 56.7 Å². The third kappa shape index (κ3) is 12.4. The molecule has 5 fully saturated rings. The highest BCUT2D eigenvalue weighted by molar-refractivity contribution is 7.13. The minimum absolute atomic E-state index is 0.0281. The molecule has 0 saturated carbocycles. The number of aryl methyl sites for hydroxylation is 2. The SMILES string of the molecule is C=C1CN2[C@H](COC(=O)N3CCC(Cc4cn([C@H](C(=O)N5C[C@H](O)C[C@H]5C(=O)N[C@@H](C)c5ccc(-c6scnc6C)cc5)C(C)C)nn4)CC3)CC[C@@]2(COc2nc(N3CCC[C@@](C)(O)C3)c3cnc(-c4cc(O)cc5ccc(F)c(CC)c45)c(F)c3n2)C1. The first-order chi connectivity index (χ1) is 42.7. The lowest BCUT2D eigenvalue weighted by Crippen LogP contribution is -2.49. The van der Waals surface area contributed by atoms with Gasteiger partial charge < -0.3 is 44.8 Å². The van der Waals surface area contributed by atoms with E-state index in [1.54, 1.807) is 40.1 Å². The zero-order chi connectivity index (χ0) is 62.6. The number of benzene rings is 3. The number of nitrogens with one attached hydrogen (secondary N) is 1. The number of phenols is 1. The highest BCUT2D eigenvalue weighted by atomic mass is 32.1. The van der Waals surface area contributed by atoms with Crippen LogP contribution in [0.2, 0.25) is 0 Å². The third-order valence-corrected chi connectivity index (χ3v) is 19.9. The third-order valence-electron chi connectivity index (χ3n) is 19.0. The summed E-state index contributed by atoms with van der Waals surface area (Å²) in [6, 6.07) is 11.6. The number of aromatic nitrogens is 7. The van der Waals surface area contributed by atoms with Gasteiger partial charge in [-0.25, -0.2) is 23.2 Å². The zero-order valence-corrected chi connectivity index (χ0v) is 52.1. The first kappa shape index (κ1) is 61.5. The van der Waals surface area contributed by atoms with Crippen LogP contribution in [0.4, 0.5) is 19.4 Å². The van der Waals surface area contributed by atoms with Crippen LogP contribution in [-0.4, -0.2) is 165 Å². The molecule has 23 heteroatoms. The first-order valence-electron chi connectivity index (χ1n) is 31.1. The second kappa shape index (κ2) is 24.9. The van der Waals surface area contributed by atoms with Crippen LogP contribution in [-0.2, 0) is 27.2 Å². The molecule has 3 aromatic carbocycles. The highest BCUT2D eigenvalue weighted by Crippen LogP contribution is 2.46. The molecule has 5 aliphatic heterocycles. The van der Waals surface area contributed by atoms with E-state index < -0.39 is 41.0 Å². The number of carbonyl (C=O) groups excluding carboxylic acids is 3. The molecule has 4 aromatic heterocycles. The van der Waals surface area contributed by atoms with Gasteiger partial charge in [-0.1, -0.05) is 68.5 Å². The summed E-state index contributed by atoms with van der Waals surface area (Å²) in [5.41, 5.74) is 5.31. The fraction of sp³-hybridized carbons (Fsp3) is 0.500. The molecule has 0 aliphatic carbocycles. The Hall–Kier alpha value is -7.73. The summed E-state index contributed by atoms with van der Waals surface area (Å²) < 4.78 is 46.9. The van der Waals surface area contributed by atoms with Gasteiger partial charge in [0, 0.05) is 69.7 Å². The number of rotatable bonds is 17. The fourth-order valence-electron chi connectivity index (χ4n) is 14.4. The van der Waals surface area contributed by atoms with Crippen LogP contribution in [0.3, 0.4) is 0 Å². The van der Waals surface area contributed by atoms with Crippen molar-refractivity contribution in [3.8, 4) is 33.5 Å². The van der Waals surface area contributed by atoms with Crippen molar-refractivity contribution in [3.05, 3.63) is 113 Å². The van der Waals surface area contributed by atoms with Gasteiger partial charge in [-0.15, -0.1) is 16.4 Å². The maximum Gasteiger partial charge on any atom is 0.409 e. The van der Waals surface area contributed by atoms with E-state index >= 15 is 8.78 Å². The zero-order valence-electron chi connectivity index (χ0n) is 51.3. The predicted octanol–water partition coefficient (Wildman–Crippen LogP) is 9.44. The van der Waals surface area contributed by atoms with Gasteiger partial charge in [0.15, 0.2) is 5.82 Å². The number of piperidine rings is 2. The molecule has 470 valence electrons. The van der Waals surface area contributed by atoms with Crippen molar-refractivity contribution in [2.24, 2.45) is 11.8 Å². The van der Waals surface area contributed by atoms with Crippen molar-refractivity contribution < 1.29 is 48.0 Å². The van der Waals surface area contributed by atoms with Gasteiger partial charge >= 0.3 is 12.1 Å². The minimum Gasteiger partial charge on any atom is -0.508 e. The number of nitrogens with zero attached hydrogens (tertiary/aromatic N) is 11. The van der Waals surface area contributed by atoms with Gasteiger partial charge in [0.2, 0.25) is 11.8 Å². The summed E-state index contributed by atoms with van der Waals surface area (Å²) in [6.07, 6.45) is 7.82. The number of hydrogen-bond acceptors (Lipinski definition) is 17. The number of fused-ring (bicyclic) bond motifs is 3. The molecule has 5 aliphatic rings. The average Bonchev–Trinajstić information content (AvgIpc) is 1.57. The summed E-state index contributed by atoms with van der Waals surface area (Å²) in [5, 5.41) is 46.2. The molecule has 12 rings (SSSR count). The molecule has 9 heterocycles. The Balaban J connectivity index is 0.665. The Morgan fingerprint density at radius 3 is 2.52 bits per heavy atom. The lowest BCUT2D eigenvalue weighted by atomic mass is 9.92. The quantitative estimate of drug-likeness (QED) is 0.0621. The summed E-state index contributed by atoms with van der Waals surface area (Å²) in [7, 11) is 0. The molecule has 89 heavy (non-hydrogen) atoms. The number of phenolic OH excluding ortho intramolecular Hbond substituents is 1. The number of pyridine rings is 1. The summed E-state index contributed by atoms with van der Waals surface area (Å²) >= 11 is 1.58. The Morgan fingerprint density at radius 1 is 1.00 bits per heavy atom. The topological polar surface area (TPSA) is 238 Å². The van der Waals surface area contributed by atoms with Gasteiger partial charge in [0.25, 0.3) is 0 Å². The maximum absolute atomic E-state index is 17.4. The van der Waals surface area contributed by atoms with E-state index in [9.17, 15) is 29.7 Å². The second-order valence-corrected chi connectivity index (χ2v) is 26.7. The van der Waals surface area contributed by atoms with Gasteiger partial charge in [-0.05, 0) is 136 Å². The molecule has 7 atom stereocenters. The molecule has 0 radical (unpaired) electrons. The van der Waals surface area contributed by atoms with E-state index in [0.717, 1.165) is 39.4 Å². The number of aromatic hydroxyl groups is 1. The first-order valence-corrected chi connectivity index (χ1v) is 32.0. The normalized spacial score (nSPS) is 23.2. The largest absolute Gasteiger partial charge is 0.508 e. The van der Waals surface area contributed by atoms with Gasteiger partial charge in [0.1, 0.15) is 53.9 Å². The Bertz CT molecular complexity index is 3830. The number of halogens is 2. The molecule has 4 N–H and O–H groups in total. The van der Waals surface area contributed by atoms with Crippen LogP contribution in [0, 0.1) is 30.4 Å².